The molecule has 20 heavy (non-hydrogen) atoms. The van der Waals surface area contributed by atoms with Gasteiger partial charge < -0.3 is 10.2 Å². The summed E-state index contributed by atoms with van der Waals surface area (Å²) in [6, 6.07) is 7.86. The highest BCUT2D eigenvalue weighted by molar-refractivity contribution is 7.89. The van der Waals surface area contributed by atoms with Crippen LogP contribution in [0.15, 0.2) is 29.2 Å². The van der Waals surface area contributed by atoms with E-state index in [9.17, 15) is 8.42 Å². The molecule has 2 N–H and O–H groups in total. The monoisotopic (exact) mass is 295 g/mol. The van der Waals surface area contributed by atoms with Gasteiger partial charge in [0, 0.05) is 25.2 Å². The van der Waals surface area contributed by atoms with E-state index in [1.165, 1.54) is 0 Å². The minimum Gasteiger partial charge on any atom is -0.369 e. The van der Waals surface area contributed by atoms with Crippen molar-refractivity contribution in [1.29, 1.82) is 0 Å². The summed E-state index contributed by atoms with van der Waals surface area (Å²) in [6.07, 6.45) is 2.95. The van der Waals surface area contributed by atoms with Gasteiger partial charge in [-0.3, -0.25) is 0 Å². The molecular formula is C14H21N3O2S. The van der Waals surface area contributed by atoms with E-state index in [4.69, 9.17) is 0 Å². The SMILES string of the molecule is CNC1CCN(c2ccccc2S(=O)(=O)NC2CC2)C1. The molecular weight excluding hydrogens is 274 g/mol. The Morgan fingerprint density at radius 1 is 1.15 bits per heavy atom. The Morgan fingerprint density at radius 2 is 1.90 bits per heavy atom. The van der Waals surface area contributed by atoms with Crippen molar-refractivity contribution in [2.45, 2.75) is 36.2 Å². The second kappa shape index (κ2) is 5.35. The van der Waals surface area contributed by atoms with Gasteiger partial charge in [-0.2, -0.15) is 0 Å². The molecule has 110 valence electrons. The Kier molecular flexibility index (Phi) is 3.70. The zero-order chi connectivity index (χ0) is 14.2. The van der Waals surface area contributed by atoms with Crippen molar-refractivity contribution in [3.05, 3.63) is 24.3 Å². The number of sulfonamides is 1. The van der Waals surface area contributed by atoms with Crippen LogP contribution >= 0.6 is 0 Å². The van der Waals surface area contributed by atoms with Gasteiger partial charge >= 0.3 is 0 Å². The summed E-state index contributed by atoms with van der Waals surface area (Å²) >= 11 is 0. The van der Waals surface area contributed by atoms with Gasteiger partial charge in [-0.1, -0.05) is 12.1 Å². The number of benzene rings is 1. The Bertz CT molecular complexity index is 584. The third-order valence-corrected chi connectivity index (χ3v) is 5.56. The van der Waals surface area contributed by atoms with Crippen LogP contribution in [0.2, 0.25) is 0 Å². The molecule has 1 aromatic rings. The Hall–Kier alpha value is -1.11. The molecule has 0 bridgehead atoms. The normalized spacial score (nSPS) is 23.2. The average molecular weight is 295 g/mol. The largest absolute Gasteiger partial charge is 0.369 e. The summed E-state index contributed by atoms with van der Waals surface area (Å²) in [5, 5.41) is 3.26. The van der Waals surface area contributed by atoms with Gasteiger partial charge in [-0.05, 0) is 38.4 Å². The van der Waals surface area contributed by atoms with Gasteiger partial charge in [0.2, 0.25) is 10.0 Å². The molecule has 1 aliphatic carbocycles. The molecule has 2 aliphatic rings. The van der Waals surface area contributed by atoms with Crippen LogP contribution in [0.3, 0.4) is 0 Å². The highest BCUT2D eigenvalue weighted by Gasteiger charge is 2.31. The molecule has 6 heteroatoms. The summed E-state index contributed by atoms with van der Waals surface area (Å²) in [7, 11) is -1.45. The standard InChI is InChI=1S/C14H21N3O2S/c1-15-12-8-9-17(10-12)13-4-2-3-5-14(13)20(18,19)16-11-6-7-11/h2-5,11-12,15-16H,6-10H2,1H3. The maximum absolute atomic E-state index is 12.5. The first-order valence-corrected chi connectivity index (χ1v) is 8.62. The van der Waals surface area contributed by atoms with Crippen molar-refractivity contribution in [2.75, 3.05) is 25.0 Å². The molecule has 1 atom stereocenters. The Balaban J connectivity index is 1.88. The highest BCUT2D eigenvalue weighted by Crippen LogP contribution is 2.30. The molecule has 1 saturated carbocycles. The summed E-state index contributed by atoms with van der Waals surface area (Å²) in [5.41, 5.74) is 0.818. The number of likely N-dealkylation sites (N-methyl/N-ethyl adjacent to an activating group) is 1. The lowest BCUT2D eigenvalue weighted by atomic mass is 10.3. The molecule has 0 radical (unpaired) electrons. The fourth-order valence-corrected chi connectivity index (χ4v) is 4.18. The van der Waals surface area contributed by atoms with Gasteiger partial charge in [-0.15, -0.1) is 0 Å². The summed E-state index contributed by atoms with van der Waals surface area (Å²) in [5.74, 6) is 0. The van der Waals surface area contributed by atoms with Crippen molar-refractivity contribution in [2.24, 2.45) is 0 Å². The van der Waals surface area contributed by atoms with Crippen LogP contribution in [0.5, 0.6) is 0 Å². The number of rotatable bonds is 5. The molecule has 0 aromatic heterocycles. The van der Waals surface area contributed by atoms with E-state index in [0.717, 1.165) is 38.0 Å². The summed E-state index contributed by atoms with van der Waals surface area (Å²) < 4.78 is 27.7. The molecule has 0 amide bonds. The number of nitrogens with one attached hydrogen (secondary N) is 2. The van der Waals surface area contributed by atoms with Gasteiger partial charge in [0.1, 0.15) is 4.90 Å². The number of hydrogen-bond acceptors (Lipinski definition) is 4. The molecule has 3 rings (SSSR count). The van der Waals surface area contributed by atoms with E-state index in [2.05, 4.69) is 14.9 Å². The maximum Gasteiger partial charge on any atom is 0.242 e. The lowest BCUT2D eigenvalue weighted by Gasteiger charge is -2.22. The minimum atomic E-state index is -3.40. The van der Waals surface area contributed by atoms with Crippen molar-refractivity contribution in [3.63, 3.8) is 0 Å². The van der Waals surface area contributed by atoms with Gasteiger partial charge in [0.15, 0.2) is 0 Å². The van der Waals surface area contributed by atoms with E-state index < -0.39 is 10.0 Å². The lowest BCUT2D eigenvalue weighted by Crippen LogP contribution is -2.32. The van der Waals surface area contributed by atoms with Crippen LogP contribution in [0.1, 0.15) is 19.3 Å². The van der Waals surface area contributed by atoms with Crippen LogP contribution in [0, 0.1) is 0 Å². The molecule has 2 fully saturated rings. The van der Waals surface area contributed by atoms with Crippen molar-refractivity contribution < 1.29 is 8.42 Å². The molecule has 1 saturated heterocycles. The second-order valence-corrected chi connectivity index (χ2v) is 7.27. The van der Waals surface area contributed by atoms with Crippen LogP contribution in [0.25, 0.3) is 0 Å². The lowest BCUT2D eigenvalue weighted by molar-refractivity contribution is 0.580. The quantitative estimate of drug-likeness (QED) is 0.848. The van der Waals surface area contributed by atoms with E-state index in [1.807, 2.05) is 19.2 Å². The van der Waals surface area contributed by atoms with E-state index in [0.29, 0.717) is 10.9 Å². The predicted molar refractivity (Wildman–Crippen MR) is 79.5 cm³/mol. The van der Waals surface area contributed by atoms with E-state index in [-0.39, 0.29) is 6.04 Å². The predicted octanol–water partition coefficient (Wildman–Crippen LogP) is 0.925. The fourth-order valence-electron chi connectivity index (χ4n) is 2.64. The highest BCUT2D eigenvalue weighted by atomic mass is 32.2. The number of para-hydroxylation sites is 1. The van der Waals surface area contributed by atoms with Crippen molar-refractivity contribution >= 4 is 15.7 Å². The first-order valence-electron chi connectivity index (χ1n) is 7.14. The third kappa shape index (κ3) is 2.82. The molecule has 0 spiro atoms. The average Bonchev–Trinajstić information content (AvgIpc) is 3.11. The zero-order valence-corrected chi connectivity index (χ0v) is 12.5. The maximum atomic E-state index is 12.5. The number of anilines is 1. The minimum absolute atomic E-state index is 0.136. The fraction of sp³-hybridized carbons (Fsp3) is 0.571. The van der Waals surface area contributed by atoms with Crippen molar-refractivity contribution in [3.8, 4) is 0 Å². The zero-order valence-electron chi connectivity index (χ0n) is 11.7. The van der Waals surface area contributed by atoms with E-state index in [1.54, 1.807) is 12.1 Å². The smallest absolute Gasteiger partial charge is 0.242 e. The van der Waals surface area contributed by atoms with Gasteiger partial charge in [-0.25, -0.2) is 13.1 Å². The number of hydrogen-bond donors (Lipinski definition) is 2. The van der Waals surface area contributed by atoms with Crippen LogP contribution in [-0.2, 0) is 10.0 Å². The van der Waals surface area contributed by atoms with Gasteiger partial charge in [0.05, 0.1) is 5.69 Å². The van der Waals surface area contributed by atoms with Gasteiger partial charge in [0.25, 0.3) is 0 Å². The summed E-state index contributed by atoms with van der Waals surface area (Å²) in [6.45, 7) is 1.74. The van der Waals surface area contributed by atoms with Crippen LogP contribution in [-0.4, -0.2) is 40.6 Å². The molecule has 1 heterocycles. The number of nitrogens with zero attached hydrogens (tertiary/aromatic N) is 1. The first-order chi connectivity index (χ1) is 9.60. The van der Waals surface area contributed by atoms with Crippen molar-refractivity contribution in [1.82, 2.24) is 10.0 Å². The summed E-state index contributed by atoms with van der Waals surface area (Å²) in [4.78, 5) is 2.56. The van der Waals surface area contributed by atoms with Crippen LogP contribution in [0.4, 0.5) is 5.69 Å². The van der Waals surface area contributed by atoms with E-state index >= 15 is 0 Å². The molecule has 1 unspecified atom stereocenters. The first kappa shape index (κ1) is 13.9. The van der Waals surface area contributed by atoms with Crippen LogP contribution < -0.4 is 14.9 Å². The molecule has 1 aliphatic heterocycles. The Labute approximate surface area is 120 Å². The molecule has 1 aromatic carbocycles. The third-order valence-electron chi connectivity index (χ3n) is 3.99. The molecule has 5 nitrogen and oxygen atoms in total. The Morgan fingerprint density at radius 3 is 2.55 bits per heavy atom. The topological polar surface area (TPSA) is 61.4 Å². The second-order valence-electron chi connectivity index (χ2n) is 5.58.